The van der Waals surface area contributed by atoms with Crippen molar-refractivity contribution in [3.05, 3.63) is 21.5 Å². The third-order valence-corrected chi connectivity index (χ3v) is 2.52. The van der Waals surface area contributed by atoms with Crippen molar-refractivity contribution in [2.75, 3.05) is 0 Å². The molecule has 0 radical (unpaired) electrons. The summed E-state index contributed by atoms with van der Waals surface area (Å²) < 4.78 is 1.56. The Morgan fingerprint density at radius 1 is 1.50 bits per heavy atom. The van der Waals surface area contributed by atoms with Gasteiger partial charge in [0.1, 0.15) is 11.4 Å². The molecule has 1 aromatic heterocycles. The lowest BCUT2D eigenvalue weighted by Gasteiger charge is -2.03. The fraction of sp³-hybridized carbons (Fsp3) is 0.700. The predicted octanol–water partition coefficient (Wildman–Crippen LogP) is 2.62. The van der Waals surface area contributed by atoms with E-state index >= 15 is 0 Å². The monoisotopic (exact) mass is 245 g/mol. The van der Waals surface area contributed by atoms with Crippen LogP contribution in [-0.4, -0.2) is 20.1 Å². The average molecular weight is 246 g/mol. The number of alkyl halides is 1. The minimum Gasteiger partial charge on any atom is -0.265 e. The fourth-order valence-electron chi connectivity index (χ4n) is 1.65. The summed E-state index contributed by atoms with van der Waals surface area (Å²) in [6.07, 6.45) is 0.452. The van der Waals surface area contributed by atoms with E-state index in [1.165, 1.54) is 0 Å². The lowest BCUT2D eigenvalue weighted by molar-refractivity contribution is -0.386. The Hall–Kier alpha value is -1.10. The molecule has 0 bridgehead atoms. The van der Waals surface area contributed by atoms with Crippen LogP contribution in [0.3, 0.4) is 0 Å². The lowest BCUT2D eigenvalue weighted by Crippen LogP contribution is -2.06. The van der Waals surface area contributed by atoms with Gasteiger partial charge in [-0.2, -0.15) is 5.10 Å². The zero-order chi connectivity index (χ0) is 12.5. The molecule has 1 rings (SSSR count). The van der Waals surface area contributed by atoms with Crippen LogP contribution in [-0.2, 0) is 13.5 Å². The largest absolute Gasteiger partial charge is 0.313 e. The second-order valence-corrected chi connectivity index (χ2v) is 4.95. The number of hydrogen-bond donors (Lipinski definition) is 0. The van der Waals surface area contributed by atoms with E-state index in [-0.39, 0.29) is 21.9 Å². The zero-order valence-electron chi connectivity index (χ0n) is 9.90. The van der Waals surface area contributed by atoms with Gasteiger partial charge in [-0.3, -0.25) is 14.8 Å². The third kappa shape index (κ3) is 2.52. The highest BCUT2D eigenvalue weighted by molar-refractivity contribution is 6.20. The van der Waals surface area contributed by atoms with Crippen molar-refractivity contribution in [3.63, 3.8) is 0 Å². The highest BCUT2D eigenvalue weighted by atomic mass is 35.5. The van der Waals surface area contributed by atoms with Crippen molar-refractivity contribution >= 4 is 17.3 Å². The highest BCUT2D eigenvalue weighted by Crippen LogP contribution is 2.30. The molecule has 0 spiro atoms. The SMILES string of the molecule is CC(Cl)Cc1c([N+](=O)[O-])c(C(C)C)nn1C. The summed E-state index contributed by atoms with van der Waals surface area (Å²) in [5.74, 6) is 0.0333. The first-order valence-electron chi connectivity index (χ1n) is 5.18. The zero-order valence-corrected chi connectivity index (χ0v) is 10.7. The van der Waals surface area contributed by atoms with E-state index in [4.69, 9.17) is 11.6 Å². The molecule has 1 atom stereocenters. The molecular formula is C10H16ClN3O2. The van der Waals surface area contributed by atoms with Gasteiger partial charge in [-0.05, 0) is 6.92 Å². The average Bonchev–Trinajstić information content (AvgIpc) is 2.43. The molecule has 6 heteroatoms. The summed E-state index contributed by atoms with van der Waals surface area (Å²) in [4.78, 5) is 10.7. The van der Waals surface area contributed by atoms with Gasteiger partial charge in [0.2, 0.25) is 0 Å². The van der Waals surface area contributed by atoms with Gasteiger partial charge in [0.25, 0.3) is 0 Å². The summed E-state index contributed by atoms with van der Waals surface area (Å²) in [6, 6.07) is 0. The van der Waals surface area contributed by atoms with E-state index in [1.54, 1.807) is 11.7 Å². The number of aryl methyl sites for hydroxylation is 1. The van der Waals surface area contributed by atoms with E-state index in [0.717, 1.165) is 0 Å². The topological polar surface area (TPSA) is 61.0 Å². The summed E-state index contributed by atoms with van der Waals surface area (Å²) in [6.45, 7) is 5.60. The molecule has 0 aliphatic rings. The van der Waals surface area contributed by atoms with Gasteiger partial charge in [0, 0.05) is 24.8 Å². The van der Waals surface area contributed by atoms with Crippen LogP contribution in [0.4, 0.5) is 5.69 Å². The van der Waals surface area contributed by atoms with Crippen molar-refractivity contribution in [1.82, 2.24) is 9.78 Å². The third-order valence-electron chi connectivity index (χ3n) is 2.37. The van der Waals surface area contributed by atoms with Gasteiger partial charge in [0.15, 0.2) is 0 Å². The highest BCUT2D eigenvalue weighted by Gasteiger charge is 2.28. The first kappa shape index (κ1) is 13.0. The molecular weight excluding hydrogens is 230 g/mol. The van der Waals surface area contributed by atoms with Crippen molar-refractivity contribution in [2.24, 2.45) is 7.05 Å². The minimum atomic E-state index is -0.364. The second kappa shape index (κ2) is 4.82. The number of aromatic nitrogens is 2. The fourth-order valence-corrected chi connectivity index (χ4v) is 1.80. The number of rotatable bonds is 4. The smallest absolute Gasteiger partial charge is 0.265 e. The van der Waals surface area contributed by atoms with Gasteiger partial charge in [-0.25, -0.2) is 0 Å². The van der Waals surface area contributed by atoms with Crippen molar-refractivity contribution in [2.45, 2.75) is 38.5 Å². The lowest BCUT2D eigenvalue weighted by atomic mass is 10.1. The van der Waals surface area contributed by atoms with E-state index in [2.05, 4.69) is 5.10 Å². The van der Waals surface area contributed by atoms with Gasteiger partial charge < -0.3 is 0 Å². The summed E-state index contributed by atoms with van der Waals surface area (Å²) in [7, 11) is 1.72. The first-order valence-corrected chi connectivity index (χ1v) is 5.62. The Labute approximate surface area is 99.5 Å². The van der Waals surface area contributed by atoms with Crippen LogP contribution in [0.25, 0.3) is 0 Å². The molecule has 0 aromatic carbocycles. The standard InChI is InChI=1S/C10H16ClN3O2/c1-6(2)9-10(14(15)16)8(5-7(3)11)13(4)12-9/h6-7H,5H2,1-4H3. The van der Waals surface area contributed by atoms with Gasteiger partial charge >= 0.3 is 5.69 Å². The van der Waals surface area contributed by atoms with Crippen LogP contribution in [0.15, 0.2) is 0 Å². The molecule has 0 amide bonds. The molecule has 1 unspecified atom stereocenters. The van der Waals surface area contributed by atoms with E-state index in [1.807, 2.05) is 20.8 Å². The maximum Gasteiger partial charge on any atom is 0.313 e. The van der Waals surface area contributed by atoms with Crippen LogP contribution in [0, 0.1) is 10.1 Å². The summed E-state index contributed by atoms with van der Waals surface area (Å²) in [5, 5.41) is 15.1. The molecule has 0 fully saturated rings. The minimum absolute atomic E-state index is 0.0333. The summed E-state index contributed by atoms with van der Waals surface area (Å²) >= 11 is 5.89. The molecule has 0 aliphatic carbocycles. The predicted molar refractivity (Wildman–Crippen MR) is 63.0 cm³/mol. The molecule has 0 saturated carbocycles. The maximum absolute atomic E-state index is 11.1. The molecule has 1 heterocycles. The Kier molecular flexibility index (Phi) is 3.91. The Morgan fingerprint density at radius 3 is 2.44 bits per heavy atom. The van der Waals surface area contributed by atoms with Crippen molar-refractivity contribution in [1.29, 1.82) is 0 Å². The van der Waals surface area contributed by atoms with Crippen LogP contribution < -0.4 is 0 Å². The number of nitrogens with zero attached hydrogens (tertiary/aromatic N) is 3. The van der Waals surface area contributed by atoms with Crippen LogP contribution in [0.5, 0.6) is 0 Å². The Bertz CT molecular complexity index is 399. The van der Waals surface area contributed by atoms with E-state index in [0.29, 0.717) is 17.8 Å². The number of nitro groups is 1. The van der Waals surface area contributed by atoms with Crippen LogP contribution >= 0.6 is 11.6 Å². The number of halogens is 1. The Morgan fingerprint density at radius 2 is 2.06 bits per heavy atom. The maximum atomic E-state index is 11.1. The van der Waals surface area contributed by atoms with Gasteiger partial charge in [0.05, 0.1) is 4.92 Å². The second-order valence-electron chi connectivity index (χ2n) is 4.20. The quantitative estimate of drug-likeness (QED) is 0.465. The normalized spacial score (nSPS) is 13.1. The van der Waals surface area contributed by atoms with E-state index < -0.39 is 0 Å². The molecule has 0 saturated heterocycles. The molecule has 1 aromatic rings. The Balaban J connectivity index is 3.30. The molecule has 0 aliphatic heterocycles. The molecule has 16 heavy (non-hydrogen) atoms. The summed E-state index contributed by atoms with van der Waals surface area (Å²) in [5.41, 5.74) is 1.24. The van der Waals surface area contributed by atoms with Gasteiger partial charge in [-0.1, -0.05) is 13.8 Å². The van der Waals surface area contributed by atoms with Crippen LogP contribution in [0.1, 0.15) is 38.1 Å². The van der Waals surface area contributed by atoms with Crippen molar-refractivity contribution < 1.29 is 4.92 Å². The molecule has 0 N–H and O–H groups in total. The van der Waals surface area contributed by atoms with Crippen molar-refractivity contribution in [3.8, 4) is 0 Å². The molecule has 90 valence electrons. The number of hydrogen-bond acceptors (Lipinski definition) is 3. The first-order chi connectivity index (χ1) is 7.34. The van der Waals surface area contributed by atoms with Gasteiger partial charge in [-0.15, -0.1) is 11.6 Å². The van der Waals surface area contributed by atoms with E-state index in [9.17, 15) is 10.1 Å². The van der Waals surface area contributed by atoms with Crippen LogP contribution in [0.2, 0.25) is 0 Å². The molecule has 5 nitrogen and oxygen atoms in total.